The molecule has 3 atom stereocenters. The summed E-state index contributed by atoms with van der Waals surface area (Å²) in [5, 5.41) is 38.4. The van der Waals surface area contributed by atoms with E-state index < -0.39 is 29.7 Å². The average molecular weight is 357 g/mol. The predicted molar refractivity (Wildman–Crippen MR) is 99.1 cm³/mol. The predicted octanol–water partition coefficient (Wildman–Crippen LogP) is 3.10. The molecule has 25 heavy (non-hydrogen) atoms. The van der Waals surface area contributed by atoms with Crippen LogP contribution in [0.1, 0.15) is 85.0 Å². The van der Waals surface area contributed by atoms with Gasteiger partial charge in [0.1, 0.15) is 12.2 Å². The topological polar surface area (TPSA) is 98.0 Å². The van der Waals surface area contributed by atoms with Crippen LogP contribution in [0.15, 0.2) is 0 Å². The average Bonchev–Trinajstić information content (AvgIpc) is 2.56. The van der Waals surface area contributed by atoms with Crippen molar-refractivity contribution < 1.29 is 25.2 Å². The molecule has 146 valence electrons. The third kappa shape index (κ3) is 11.2. The minimum atomic E-state index is -1.22. The first-order valence-electron chi connectivity index (χ1n) is 9.48. The summed E-state index contributed by atoms with van der Waals surface area (Å²) in [6.45, 7) is 5.55. The maximum atomic E-state index is 11.0. The van der Waals surface area contributed by atoms with E-state index in [0.29, 0.717) is 19.3 Å². The van der Waals surface area contributed by atoms with Crippen LogP contribution in [0.3, 0.4) is 0 Å². The number of aliphatic carboxylic acids is 1. The summed E-state index contributed by atoms with van der Waals surface area (Å²) in [5.41, 5.74) is -0.669. The molecule has 0 saturated heterocycles. The minimum absolute atomic E-state index is 0.473. The Hall–Kier alpha value is -1.09. The van der Waals surface area contributed by atoms with Crippen molar-refractivity contribution in [2.45, 2.75) is 103 Å². The number of aliphatic hydroxyl groups is 3. The maximum absolute atomic E-state index is 11.0. The van der Waals surface area contributed by atoms with Crippen LogP contribution in [-0.2, 0) is 4.79 Å². The van der Waals surface area contributed by atoms with Crippen molar-refractivity contribution in [3.05, 3.63) is 0 Å². The Kier molecular flexibility index (Phi) is 12.6. The molecule has 0 amide bonds. The Morgan fingerprint density at radius 1 is 1.00 bits per heavy atom. The molecular weight excluding hydrogens is 320 g/mol. The molecule has 0 fully saturated rings. The number of aliphatic hydroxyl groups excluding tert-OH is 3. The zero-order valence-corrected chi connectivity index (χ0v) is 16.0. The fraction of sp³-hybridized carbons (Fsp3) is 0.850. The molecule has 0 aromatic rings. The van der Waals surface area contributed by atoms with Gasteiger partial charge < -0.3 is 20.4 Å². The fourth-order valence-electron chi connectivity index (χ4n) is 2.49. The van der Waals surface area contributed by atoms with Crippen molar-refractivity contribution in [3.63, 3.8) is 0 Å². The van der Waals surface area contributed by atoms with Gasteiger partial charge in [0.2, 0.25) is 0 Å². The number of carboxylic acids is 1. The van der Waals surface area contributed by atoms with Crippen molar-refractivity contribution in [1.29, 1.82) is 0 Å². The molecule has 0 aliphatic heterocycles. The van der Waals surface area contributed by atoms with Crippen LogP contribution in [-0.4, -0.2) is 44.7 Å². The van der Waals surface area contributed by atoms with Crippen LogP contribution in [0.2, 0.25) is 0 Å². The largest absolute Gasteiger partial charge is 0.481 e. The number of carbonyl (C=O) groups is 1. The van der Waals surface area contributed by atoms with E-state index in [4.69, 9.17) is 5.11 Å². The number of carboxylic acid groups (broad SMARTS) is 1. The van der Waals surface area contributed by atoms with Gasteiger partial charge in [0.15, 0.2) is 0 Å². The summed E-state index contributed by atoms with van der Waals surface area (Å²) in [7, 11) is 0. The van der Waals surface area contributed by atoms with Crippen LogP contribution < -0.4 is 0 Å². The Labute approximate surface area is 152 Å². The second-order valence-electron chi connectivity index (χ2n) is 7.42. The second kappa shape index (κ2) is 13.2. The highest BCUT2D eigenvalue weighted by molar-refractivity contribution is 5.73. The highest BCUT2D eigenvalue weighted by atomic mass is 16.4. The summed E-state index contributed by atoms with van der Waals surface area (Å²) in [6.07, 6.45) is 4.92. The van der Waals surface area contributed by atoms with Crippen molar-refractivity contribution in [2.24, 2.45) is 5.41 Å². The third-order valence-electron chi connectivity index (χ3n) is 4.50. The first-order valence-corrected chi connectivity index (χ1v) is 9.48. The maximum Gasteiger partial charge on any atom is 0.309 e. The lowest BCUT2D eigenvalue weighted by atomic mass is 9.87. The molecule has 0 aromatic heterocycles. The molecule has 5 nitrogen and oxygen atoms in total. The molecule has 4 N–H and O–H groups in total. The van der Waals surface area contributed by atoms with Gasteiger partial charge in [-0.15, -0.1) is 5.92 Å². The molecule has 3 unspecified atom stereocenters. The summed E-state index contributed by atoms with van der Waals surface area (Å²) in [5.74, 6) is 4.69. The van der Waals surface area contributed by atoms with E-state index in [1.54, 1.807) is 13.8 Å². The fourth-order valence-corrected chi connectivity index (χ4v) is 2.49. The van der Waals surface area contributed by atoms with E-state index in [2.05, 4.69) is 18.8 Å². The zero-order valence-electron chi connectivity index (χ0n) is 16.0. The van der Waals surface area contributed by atoms with Gasteiger partial charge in [-0.25, -0.2) is 0 Å². The number of hydrogen-bond donors (Lipinski definition) is 4. The van der Waals surface area contributed by atoms with E-state index in [1.165, 1.54) is 0 Å². The zero-order chi connectivity index (χ0) is 19.3. The minimum Gasteiger partial charge on any atom is -0.481 e. The summed E-state index contributed by atoms with van der Waals surface area (Å²) in [4.78, 5) is 11.0. The number of hydrogen-bond acceptors (Lipinski definition) is 4. The smallest absolute Gasteiger partial charge is 0.309 e. The van der Waals surface area contributed by atoms with Crippen LogP contribution in [0.25, 0.3) is 0 Å². The molecule has 0 aliphatic carbocycles. The second-order valence-corrected chi connectivity index (χ2v) is 7.42. The molecular formula is C20H36O5. The number of rotatable bonds is 13. The van der Waals surface area contributed by atoms with Crippen LogP contribution in [0.4, 0.5) is 0 Å². The normalized spacial score (nSPS) is 15.1. The van der Waals surface area contributed by atoms with Gasteiger partial charge >= 0.3 is 5.97 Å². The van der Waals surface area contributed by atoms with E-state index in [-0.39, 0.29) is 0 Å². The molecule has 0 spiro atoms. The van der Waals surface area contributed by atoms with Crippen molar-refractivity contribution in [3.8, 4) is 11.8 Å². The van der Waals surface area contributed by atoms with E-state index in [0.717, 1.165) is 44.9 Å². The van der Waals surface area contributed by atoms with Gasteiger partial charge in [0.25, 0.3) is 0 Å². The molecule has 5 heteroatoms. The van der Waals surface area contributed by atoms with Crippen LogP contribution in [0, 0.1) is 17.3 Å². The lowest BCUT2D eigenvalue weighted by Crippen LogP contribution is -2.36. The van der Waals surface area contributed by atoms with Crippen molar-refractivity contribution in [2.75, 3.05) is 0 Å². The van der Waals surface area contributed by atoms with Crippen molar-refractivity contribution >= 4 is 5.97 Å². The molecule has 0 aromatic carbocycles. The molecule has 0 aliphatic rings. The Bertz CT molecular complexity index is 422. The first kappa shape index (κ1) is 23.9. The van der Waals surface area contributed by atoms with Gasteiger partial charge in [-0.3, -0.25) is 4.79 Å². The summed E-state index contributed by atoms with van der Waals surface area (Å²) in [6, 6.07) is 0. The molecule has 0 bridgehead atoms. The summed E-state index contributed by atoms with van der Waals surface area (Å²) >= 11 is 0. The molecule has 0 saturated carbocycles. The van der Waals surface area contributed by atoms with Gasteiger partial charge in [0.05, 0.1) is 11.5 Å². The molecule has 0 heterocycles. The highest BCUT2D eigenvalue weighted by Gasteiger charge is 2.26. The van der Waals surface area contributed by atoms with Gasteiger partial charge in [-0.2, -0.15) is 0 Å². The van der Waals surface area contributed by atoms with Gasteiger partial charge in [-0.1, -0.05) is 51.4 Å². The Morgan fingerprint density at radius 3 is 2.24 bits per heavy atom. The van der Waals surface area contributed by atoms with Gasteiger partial charge in [-0.05, 0) is 33.1 Å². The first-order chi connectivity index (χ1) is 11.7. The van der Waals surface area contributed by atoms with E-state index in [9.17, 15) is 20.1 Å². The van der Waals surface area contributed by atoms with Crippen LogP contribution in [0.5, 0.6) is 0 Å². The third-order valence-corrected chi connectivity index (χ3v) is 4.50. The lowest BCUT2D eigenvalue weighted by Gasteiger charge is -2.19. The molecule has 0 radical (unpaired) electrons. The monoisotopic (exact) mass is 356 g/mol. The lowest BCUT2D eigenvalue weighted by molar-refractivity contribution is -0.147. The van der Waals surface area contributed by atoms with Crippen LogP contribution >= 0.6 is 0 Å². The number of unbranched alkanes of at least 4 members (excludes halogenated alkanes) is 6. The summed E-state index contributed by atoms with van der Waals surface area (Å²) < 4.78 is 0. The SMILES string of the molecule is CCCCCC(O)C(O)C(O)C#CCCCCCCC(C)(C)C(=O)O. The standard InChI is InChI=1S/C20H36O5/c1-4-5-10-13-16(21)18(23)17(22)14-11-8-6-7-9-12-15-20(2,3)19(24)25/h16-18,21-23H,4-10,12-13,15H2,1-3H3,(H,24,25). The van der Waals surface area contributed by atoms with Crippen molar-refractivity contribution in [1.82, 2.24) is 0 Å². The highest BCUT2D eigenvalue weighted by Crippen LogP contribution is 2.24. The van der Waals surface area contributed by atoms with E-state index >= 15 is 0 Å². The van der Waals surface area contributed by atoms with E-state index in [1.807, 2.05) is 0 Å². The Balaban J connectivity index is 3.86. The quantitative estimate of drug-likeness (QED) is 0.300. The Morgan fingerprint density at radius 2 is 1.64 bits per heavy atom. The van der Waals surface area contributed by atoms with Gasteiger partial charge in [0, 0.05) is 6.42 Å². The molecule has 0 rings (SSSR count).